The number of esters is 2. The molecule has 2 heterocycles. The summed E-state index contributed by atoms with van der Waals surface area (Å²) in [6.45, 7) is 3.22. The summed E-state index contributed by atoms with van der Waals surface area (Å²) in [6, 6.07) is 6.92. The Morgan fingerprint density at radius 1 is 1.24 bits per heavy atom. The summed E-state index contributed by atoms with van der Waals surface area (Å²) in [7, 11) is 0. The monoisotopic (exact) mass is 483 g/mol. The van der Waals surface area contributed by atoms with Gasteiger partial charge in [-0.25, -0.2) is 9.78 Å². The van der Waals surface area contributed by atoms with Gasteiger partial charge < -0.3 is 14.8 Å². The molecule has 34 heavy (non-hydrogen) atoms. The topological polar surface area (TPSA) is 117 Å². The van der Waals surface area contributed by atoms with Crippen LogP contribution in [0.1, 0.15) is 41.1 Å². The van der Waals surface area contributed by atoms with Crippen LogP contribution >= 0.6 is 11.3 Å². The number of hydrogen-bond acceptors (Lipinski definition) is 8. The van der Waals surface area contributed by atoms with Gasteiger partial charge in [0.05, 0.1) is 29.4 Å². The van der Waals surface area contributed by atoms with Crippen molar-refractivity contribution in [1.82, 2.24) is 9.55 Å². The fourth-order valence-electron chi connectivity index (χ4n) is 4.02. The zero-order valence-electron chi connectivity index (χ0n) is 19.0. The van der Waals surface area contributed by atoms with Gasteiger partial charge in [-0.3, -0.25) is 19.0 Å². The summed E-state index contributed by atoms with van der Waals surface area (Å²) in [6.07, 6.45) is 3.69. The minimum Gasteiger partial charge on any atom is -0.462 e. The standard InChI is InChI=1S/C24H25N3O6S/c1-3-32-24(31)22-15-9-8-14(2)10-18(15)34-23(22)26-19(28)13-33-21(30)12-27-17-7-5-4-6-16(17)25-11-20(27)29/h4-7,11,14H,3,8-10,12-13H2,1-2H3,(H,26,28). The van der Waals surface area contributed by atoms with Gasteiger partial charge in [0.2, 0.25) is 0 Å². The fourth-order valence-corrected chi connectivity index (χ4v) is 5.43. The maximum Gasteiger partial charge on any atom is 0.341 e. The number of nitrogens with zero attached hydrogens (tertiary/aromatic N) is 2. The number of amides is 1. The van der Waals surface area contributed by atoms with Gasteiger partial charge in [0.25, 0.3) is 11.5 Å². The molecule has 1 N–H and O–H groups in total. The molecule has 10 heteroatoms. The van der Waals surface area contributed by atoms with Crippen LogP contribution < -0.4 is 10.9 Å². The van der Waals surface area contributed by atoms with Crippen molar-refractivity contribution in [3.8, 4) is 0 Å². The maximum absolute atomic E-state index is 12.6. The van der Waals surface area contributed by atoms with E-state index < -0.39 is 30.0 Å². The molecule has 0 saturated carbocycles. The van der Waals surface area contributed by atoms with E-state index in [9.17, 15) is 19.2 Å². The van der Waals surface area contributed by atoms with Crippen molar-refractivity contribution >= 4 is 45.2 Å². The highest BCUT2D eigenvalue weighted by Crippen LogP contribution is 2.40. The average molecular weight is 484 g/mol. The molecule has 1 aromatic carbocycles. The number of para-hydroxylation sites is 2. The van der Waals surface area contributed by atoms with Crippen molar-refractivity contribution in [3.05, 3.63) is 56.8 Å². The summed E-state index contributed by atoms with van der Waals surface area (Å²) in [5, 5.41) is 3.12. The van der Waals surface area contributed by atoms with E-state index in [2.05, 4.69) is 17.2 Å². The molecule has 1 amide bonds. The van der Waals surface area contributed by atoms with E-state index in [-0.39, 0.29) is 13.2 Å². The molecule has 1 atom stereocenters. The zero-order valence-corrected chi connectivity index (χ0v) is 19.8. The van der Waals surface area contributed by atoms with Gasteiger partial charge >= 0.3 is 11.9 Å². The van der Waals surface area contributed by atoms with Crippen LogP contribution in [0.3, 0.4) is 0 Å². The van der Waals surface area contributed by atoms with Crippen molar-refractivity contribution in [2.24, 2.45) is 5.92 Å². The highest BCUT2D eigenvalue weighted by atomic mass is 32.1. The van der Waals surface area contributed by atoms with E-state index in [0.717, 1.165) is 35.9 Å². The highest BCUT2D eigenvalue weighted by molar-refractivity contribution is 7.17. The first kappa shape index (κ1) is 23.6. The largest absolute Gasteiger partial charge is 0.462 e. The predicted molar refractivity (Wildman–Crippen MR) is 127 cm³/mol. The van der Waals surface area contributed by atoms with Gasteiger partial charge in [0.15, 0.2) is 6.61 Å². The minimum absolute atomic E-state index is 0.230. The Kier molecular flexibility index (Phi) is 7.06. The molecule has 1 aliphatic carbocycles. The number of thiophene rings is 1. The predicted octanol–water partition coefficient (Wildman–Crippen LogP) is 2.94. The number of benzene rings is 1. The second-order valence-electron chi connectivity index (χ2n) is 8.16. The summed E-state index contributed by atoms with van der Waals surface area (Å²) in [4.78, 5) is 54.8. The number of carbonyl (C=O) groups excluding carboxylic acids is 3. The Morgan fingerprint density at radius 3 is 2.82 bits per heavy atom. The van der Waals surface area contributed by atoms with Crippen LogP contribution in [0.15, 0.2) is 35.3 Å². The van der Waals surface area contributed by atoms with Gasteiger partial charge in [0.1, 0.15) is 11.5 Å². The smallest absolute Gasteiger partial charge is 0.341 e. The molecular formula is C24H25N3O6S. The average Bonchev–Trinajstić information content (AvgIpc) is 3.16. The van der Waals surface area contributed by atoms with Crippen molar-refractivity contribution < 1.29 is 23.9 Å². The summed E-state index contributed by atoms with van der Waals surface area (Å²) >= 11 is 1.36. The molecular weight excluding hydrogens is 458 g/mol. The van der Waals surface area contributed by atoms with Gasteiger partial charge in [-0.15, -0.1) is 11.3 Å². The second kappa shape index (κ2) is 10.2. The summed E-state index contributed by atoms with van der Waals surface area (Å²) < 4.78 is 11.6. The van der Waals surface area contributed by atoms with E-state index in [4.69, 9.17) is 9.47 Å². The van der Waals surface area contributed by atoms with Crippen molar-refractivity contribution in [3.63, 3.8) is 0 Å². The van der Waals surface area contributed by atoms with Crippen LogP contribution in [0.2, 0.25) is 0 Å². The number of ether oxygens (including phenoxy) is 2. The van der Waals surface area contributed by atoms with Crippen LogP contribution in [-0.2, 0) is 38.4 Å². The lowest BCUT2D eigenvalue weighted by molar-refractivity contribution is -0.147. The first-order valence-corrected chi connectivity index (χ1v) is 11.9. The third-order valence-electron chi connectivity index (χ3n) is 5.65. The second-order valence-corrected chi connectivity index (χ2v) is 9.26. The van der Waals surface area contributed by atoms with Crippen LogP contribution in [0.25, 0.3) is 11.0 Å². The van der Waals surface area contributed by atoms with E-state index in [1.54, 1.807) is 31.2 Å². The third kappa shape index (κ3) is 5.01. The fraction of sp³-hybridized carbons (Fsp3) is 0.375. The van der Waals surface area contributed by atoms with Crippen LogP contribution in [0, 0.1) is 5.92 Å². The highest BCUT2D eigenvalue weighted by Gasteiger charge is 2.29. The third-order valence-corrected chi connectivity index (χ3v) is 6.82. The number of fused-ring (bicyclic) bond motifs is 2. The lowest BCUT2D eigenvalue weighted by atomic mass is 9.88. The van der Waals surface area contributed by atoms with Crippen LogP contribution in [0.5, 0.6) is 0 Å². The molecule has 1 aliphatic rings. The first-order chi connectivity index (χ1) is 16.4. The number of hydrogen-bond donors (Lipinski definition) is 1. The first-order valence-electron chi connectivity index (χ1n) is 11.1. The normalized spacial score (nSPS) is 14.9. The number of nitrogens with one attached hydrogen (secondary N) is 1. The molecule has 4 rings (SSSR count). The van der Waals surface area contributed by atoms with Gasteiger partial charge in [0, 0.05) is 4.88 Å². The zero-order chi connectivity index (χ0) is 24.2. The maximum atomic E-state index is 12.6. The molecule has 0 radical (unpaired) electrons. The molecule has 0 spiro atoms. The van der Waals surface area contributed by atoms with E-state index in [1.807, 2.05) is 0 Å². The number of rotatable bonds is 7. The lowest BCUT2D eigenvalue weighted by Crippen LogP contribution is -2.28. The summed E-state index contributed by atoms with van der Waals surface area (Å²) in [5.41, 5.74) is 1.93. The Labute approximate surface area is 199 Å². The van der Waals surface area contributed by atoms with E-state index in [1.165, 1.54) is 15.9 Å². The Bertz CT molecular complexity index is 1310. The molecule has 9 nitrogen and oxygen atoms in total. The van der Waals surface area contributed by atoms with Crippen molar-refractivity contribution in [2.75, 3.05) is 18.5 Å². The van der Waals surface area contributed by atoms with Gasteiger partial charge in [-0.2, -0.15) is 0 Å². The Balaban J connectivity index is 1.44. The quantitative estimate of drug-likeness (QED) is 0.514. The van der Waals surface area contributed by atoms with Crippen molar-refractivity contribution in [1.29, 1.82) is 0 Å². The number of anilines is 1. The number of carbonyl (C=O) groups is 3. The Morgan fingerprint density at radius 2 is 2.03 bits per heavy atom. The molecule has 0 bridgehead atoms. The SMILES string of the molecule is CCOC(=O)c1c(NC(=O)COC(=O)Cn2c(=O)cnc3ccccc32)sc2c1CCC(C)C2. The molecule has 2 aromatic heterocycles. The van der Waals surface area contributed by atoms with Gasteiger partial charge in [-0.1, -0.05) is 19.1 Å². The number of aromatic nitrogens is 2. The van der Waals surface area contributed by atoms with Crippen LogP contribution in [0.4, 0.5) is 5.00 Å². The molecule has 3 aromatic rings. The minimum atomic E-state index is -0.737. The molecule has 0 saturated heterocycles. The molecule has 0 aliphatic heterocycles. The summed E-state index contributed by atoms with van der Waals surface area (Å²) in [5.74, 6) is -1.28. The lowest BCUT2D eigenvalue weighted by Gasteiger charge is -2.18. The van der Waals surface area contributed by atoms with E-state index >= 15 is 0 Å². The van der Waals surface area contributed by atoms with E-state index in [0.29, 0.717) is 27.5 Å². The molecule has 1 unspecified atom stereocenters. The van der Waals surface area contributed by atoms with Gasteiger partial charge in [-0.05, 0) is 49.8 Å². The molecule has 0 fully saturated rings. The Hall–Kier alpha value is -3.53. The molecule has 178 valence electrons. The van der Waals surface area contributed by atoms with Crippen molar-refractivity contribution in [2.45, 2.75) is 39.7 Å². The van der Waals surface area contributed by atoms with Crippen LogP contribution in [-0.4, -0.2) is 40.6 Å².